The van der Waals surface area contributed by atoms with Crippen molar-refractivity contribution in [1.29, 1.82) is 0 Å². The van der Waals surface area contributed by atoms with Crippen LogP contribution in [0.3, 0.4) is 0 Å². The van der Waals surface area contributed by atoms with Crippen molar-refractivity contribution in [1.82, 2.24) is 9.97 Å². The summed E-state index contributed by atoms with van der Waals surface area (Å²) in [6, 6.07) is 20.6. The third-order valence-corrected chi connectivity index (χ3v) is 3.29. The molecule has 0 spiro atoms. The lowest BCUT2D eigenvalue weighted by molar-refractivity contribution is 1.02. The summed E-state index contributed by atoms with van der Waals surface area (Å²) in [5.74, 6) is 2.13. The Morgan fingerprint density at radius 3 is 1.90 bits per heavy atom. The molecule has 0 amide bonds. The molecule has 0 unspecified atom stereocenters. The van der Waals surface area contributed by atoms with E-state index < -0.39 is 0 Å². The van der Waals surface area contributed by atoms with Crippen LogP contribution in [0.15, 0.2) is 60.7 Å². The van der Waals surface area contributed by atoms with Crippen molar-refractivity contribution in [2.75, 3.05) is 0 Å². The van der Waals surface area contributed by atoms with Gasteiger partial charge in [0.15, 0.2) is 0 Å². The second kappa shape index (κ2) is 5.33. The van der Waals surface area contributed by atoms with E-state index in [1.165, 1.54) is 5.92 Å². The normalized spacial score (nSPS) is 10.9. The maximum Gasteiger partial charge on any atom is 0.113 e. The molecular weight excluding hydrogens is 244 g/mol. The maximum atomic E-state index is 4.76. The number of benzene rings is 2. The Morgan fingerprint density at radius 2 is 1.35 bits per heavy atom. The molecule has 0 aliphatic carbocycles. The van der Waals surface area contributed by atoms with Crippen LogP contribution in [-0.2, 0) is 0 Å². The zero-order chi connectivity index (χ0) is 13.9. The van der Waals surface area contributed by atoms with Crippen molar-refractivity contribution >= 4 is 0 Å². The molecule has 0 aliphatic heterocycles. The lowest BCUT2D eigenvalue weighted by Gasteiger charge is -2.02. The topological polar surface area (TPSA) is 28.7 Å². The molecule has 0 saturated carbocycles. The molecule has 1 radical (unpaired) electrons. The van der Waals surface area contributed by atoms with Gasteiger partial charge in [-0.3, -0.25) is 0 Å². The molecule has 1 N–H and O–H groups in total. The van der Waals surface area contributed by atoms with Crippen molar-refractivity contribution in [3.8, 4) is 22.5 Å². The largest absolute Gasteiger partial charge is 0.341 e. The highest BCUT2D eigenvalue weighted by Gasteiger charge is 2.15. The molecule has 2 nitrogen and oxygen atoms in total. The Bertz CT molecular complexity index is 625. The summed E-state index contributed by atoms with van der Waals surface area (Å²) >= 11 is 0. The fourth-order valence-electron chi connectivity index (χ4n) is 2.23. The number of nitrogens with one attached hydrogen (secondary N) is 1. The average Bonchev–Trinajstić information content (AvgIpc) is 2.94. The highest BCUT2D eigenvalue weighted by molar-refractivity contribution is 5.78. The maximum absolute atomic E-state index is 4.76. The van der Waals surface area contributed by atoms with Crippen molar-refractivity contribution < 1.29 is 0 Å². The van der Waals surface area contributed by atoms with Crippen molar-refractivity contribution in [2.24, 2.45) is 0 Å². The number of imidazole rings is 1. The van der Waals surface area contributed by atoms with Gasteiger partial charge in [0.2, 0.25) is 0 Å². The zero-order valence-corrected chi connectivity index (χ0v) is 11.7. The fraction of sp³-hybridized carbons (Fsp3) is 0.111. The second-order valence-electron chi connectivity index (χ2n) is 5.04. The Balaban J connectivity index is 2.18. The smallest absolute Gasteiger partial charge is 0.113 e. The van der Waals surface area contributed by atoms with E-state index >= 15 is 0 Å². The number of rotatable bonds is 3. The Labute approximate surface area is 119 Å². The zero-order valence-electron chi connectivity index (χ0n) is 11.7. The van der Waals surface area contributed by atoms with E-state index in [9.17, 15) is 0 Å². The van der Waals surface area contributed by atoms with Gasteiger partial charge in [-0.05, 0) is 0 Å². The molecule has 1 heterocycles. The van der Waals surface area contributed by atoms with Crippen LogP contribution in [0.5, 0.6) is 0 Å². The first-order chi connectivity index (χ1) is 9.75. The number of hydrogen-bond donors (Lipinski definition) is 1. The van der Waals surface area contributed by atoms with Gasteiger partial charge in [-0.25, -0.2) is 4.98 Å². The standard InChI is InChI=1S/C18H17N2/c1-13(2)18-19-16(14-9-5-3-6-10-14)17(20-18)15-11-7-4-8-12-15/h3-12H,1-2H3,(H,19,20). The van der Waals surface area contributed by atoms with Crippen molar-refractivity contribution in [3.63, 3.8) is 0 Å². The highest BCUT2D eigenvalue weighted by atomic mass is 14.9. The minimum Gasteiger partial charge on any atom is -0.341 e. The van der Waals surface area contributed by atoms with Gasteiger partial charge in [0.1, 0.15) is 5.82 Å². The van der Waals surface area contributed by atoms with Gasteiger partial charge in [0, 0.05) is 17.0 Å². The SMILES string of the molecule is C[C](C)c1nc(-c2ccccc2)c(-c2ccccc2)[nH]1. The van der Waals surface area contributed by atoms with Gasteiger partial charge in [0.05, 0.1) is 11.4 Å². The molecule has 0 atom stereocenters. The van der Waals surface area contributed by atoms with Crippen LogP contribution in [0.1, 0.15) is 19.7 Å². The summed E-state index contributed by atoms with van der Waals surface area (Å²) in [6.45, 7) is 4.14. The predicted molar refractivity (Wildman–Crippen MR) is 83.2 cm³/mol. The van der Waals surface area contributed by atoms with Gasteiger partial charge in [-0.1, -0.05) is 74.5 Å². The third kappa shape index (κ3) is 2.37. The van der Waals surface area contributed by atoms with Crippen molar-refractivity contribution in [3.05, 3.63) is 72.4 Å². The van der Waals surface area contributed by atoms with E-state index in [0.29, 0.717) is 0 Å². The van der Waals surface area contributed by atoms with Crippen LogP contribution in [0.25, 0.3) is 22.5 Å². The second-order valence-corrected chi connectivity index (χ2v) is 5.04. The van der Waals surface area contributed by atoms with E-state index in [1.54, 1.807) is 0 Å². The van der Waals surface area contributed by atoms with Crippen LogP contribution in [-0.4, -0.2) is 9.97 Å². The third-order valence-electron chi connectivity index (χ3n) is 3.29. The Morgan fingerprint density at radius 1 is 0.800 bits per heavy atom. The molecule has 0 bridgehead atoms. The van der Waals surface area contributed by atoms with Gasteiger partial charge in [0.25, 0.3) is 0 Å². The number of aromatic amines is 1. The lowest BCUT2D eigenvalue weighted by atomic mass is 10.1. The van der Waals surface area contributed by atoms with E-state index in [2.05, 4.69) is 43.1 Å². The fourth-order valence-corrected chi connectivity index (χ4v) is 2.23. The highest BCUT2D eigenvalue weighted by Crippen LogP contribution is 2.31. The predicted octanol–water partition coefficient (Wildman–Crippen LogP) is 4.71. The summed E-state index contributed by atoms with van der Waals surface area (Å²) in [6.07, 6.45) is 0. The molecule has 3 rings (SSSR count). The molecule has 2 heteroatoms. The van der Waals surface area contributed by atoms with Crippen molar-refractivity contribution in [2.45, 2.75) is 13.8 Å². The summed E-state index contributed by atoms with van der Waals surface area (Å²) in [5, 5.41) is 0. The van der Waals surface area contributed by atoms with Crippen LogP contribution in [0.4, 0.5) is 0 Å². The first-order valence-electron chi connectivity index (χ1n) is 6.77. The minimum absolute atomic E-state index is 0.947. The quantitative estimate of drug-likeness (QED) is 0.727. The Hall–Kier alpha value is -2.35. The van der Waals surface area contributed by atoms with Crippen LogP contribution in [0, 0.1) is 5.92 Å². The molecule has 99 valence electrons. The van der Waals surface area contributed by atoms with E-state index in [-0.39, 0.29) is 0 Å². The summed E-state index contributed by atoms with van der Waals surface area (Å²) in [4.78, 5) is 8.21. The molecular formula is C18H17N2. The molecule has 2 aromatic carbocycles. The number of nitrogens with zero attached hydrogens (tertiary/aromatic N) is 1. The molecule has 0 fully saturated rings. The molecule has 1 aromatic heterocycles. The van der Waals surface area contributed by atoms with Gasteiger partial charge in [-0.2, -0.15) is 0 Å². The molecule has 20 heavy (non-hydrogen) atoms. The van der Waals surface area contributed by atoms with Crippen LogP contribution in [0.2, 0.25) is 0 Å². The molecule has 3 aromatic rings. The van der Waals surface area contributed by atoms with Crippen LogP contribution >= 0.6 is 0 Å². The van der Waals surface area contributed by atoms with Gasteiger partial charge in [-0.15, -0.1) is 0 Å². The number of hydrogen-bond acceptors (Lipinski definition) is 1. The lowest BCUT2D eigenvalue weighted by Crippen LogP contribution is -1.90. The summed E-state index contributed by atoms with van der Waals surface area (Å²) in [7, 11) is 0. The molecule has 0 saturated heterocycles. The Kier molecular flexibility index (Phi) is 3.38. The van der Waals surface area contributed by atoms with E-state index in [1.807, 2.05) is 36.4 Å². The first kappa shape index (κ1) is 12.7. The molecule has 0 aliphatic rings. The van der Waals surface area contributed by atoms with Gasteiger partial charge >= 0.3 is 0 Å². The monoisotopic (exact) mass is 261 g/mol. The first-order valence-corrected chi connectivity index (χ1v) is 6.77. The van der Waals surface area contributed by atoms with E-state index in [0.717, 1.165) is 28.3 Å². The average molecular weight is 261 g/mol. The summed E-state index contributed by atoms with van der Waals surface area (Å²) < 4.78 is 0. The van der Waals surface area contributed by atoms with E-state index in [4.69, 9.17) is 4.98 Å². The van der Waals surface area contributed by atoms with Gasteiger partial charge < -0.3 is 4.98 Å². The minimum atomic E-state index is 0.947. The number of aromatic nitrogens is 2. The van der Waals surface area contributed by atoms with Crippen LogP contribution < -0.4 is 0 Å². The number of H-pyrrole nitrogens is 1. The summed E-state index contributed by atoms with van der Waals surface area (Å²) in [5.41, 5.74) is 4.38.